The SMILES string of the molecule is Cc1ccc(C(C)C)c(C)n1.Cc1ccc(C(C)C)cn1.Cc1cnc(C(C)C)c(C)n1.Cc1nnccc1C(C)C. The lowest BCUT2D eigenvalue weighted by Crippen LogP contribution is -2.00. The Morgan fingerprint density at radius 2 is 1.05 bits per heavy atom. The van der Waals surface area contributed by atoms with Gasteiger partial charge in [0.05, 0.1) is 22.8 Å². The van der Waals surface area contributed by atoms with Gasteiger partial charge in [-0.15, -0.1) is 0 Å². The Labute approximate surface area is 255 Å². The normalized spacial score (nSPS) is 10.5. The van der Waals surface area contributed by atoms with Crippen molar-refractivity contribution >= 4 is 0 Å². The van der Waals surface area contributed by atoms with Crippen LogP contribution in [0.3, 0.4) is 0 Å². The summed E-state index contributed by atoms with van der Waals surface area (Å²) in [7, 11) is 0. The van der Waals surface area contributed by atoms with Crippen molar-refractivity contribution < 1.29 is 0 Å². The largest absolute Gasteiger partial charge is 0.261 e. The number of pyridine rings is 2. The van der Waals surface area contributed by atoms with E-state index >= 15 is 0 Å². The molecule has 0 spiro atoms. The van der Waals surface area contributed by atoms with Gasteiger partial charge >= 0.3 is 0 Å². The maximum atomic E-state index is 4.39. The molecule has 0 N–H and O–H groups in total. The van der Waals surface area contributed by atoms with Gasteiger partial charge in [-0.2, -0.15) is 10.2 Å². The van der Waals surface area contributed by atoms with Crippen molar-refractivity contribution in [3.8, 4) is 0 Å². The maximum Gasteiger partial charge on any atom is 0.0641 e. The van der Waals surface area contributed by atoms with Crippen LogP contribution in [0.2, 0.25) is 0 Å². The van der Waals surface area contributed by atoms with Crippen molar-refractivity contribution in [2.45, 2.75) is 121 Å². The molecule has 228 valence electrons. The van der Waals surface area contributed by atoms with Crippen LogP contribution in [0, 0.1) is 41.5 Å². The van der Waals surface area contributed by atoms with Gasteiger partial charge < -0.3 is 0 Å². The van der Waals surface area contributed by atoms with Gasteiger partial charge in [0.1, 0.15) is 0 Å². The minimum absolute atomic E-state index is 0.475. The molecule has 4 rings (SSSR count). The Kier molecular flexibility index (Phi) is 15.7. The van der Waals surface area contributed by atoms with E-state index in [2.05, 4.69) is 117 Å². The minimum Gasteiger partial charge on any atom is -0.261 e. The molecule has 0 unspecified atom stereocenters. The van der Waals surface area contributed by atoms with E-state index in [1.54, 1.807) is 6.20 Å². The lowest BCUT2D eigenvalue weighted by atomic mass is 10.0. The van der Waals surface area contributed by atoms with Crippen LogP contribution >= 0.6 is 0 Å². The van der Waals surface area contributed by atoms with E-state index in [0.29, 0.717) is 23.7 Å². The summed E-state index contributed by atoms with van der Waals surface area (Å²) in [5.74, 6) is 2.20. The van der Waals surface area contributed by atoms with Crippen LogP contribution in [0.25, 0.3) is 0 Å². The monoisotopic (exact) mass is 570 g/mol. The molecule has 0 aromatic carbocycles. The van der Waals surface area contributed by atoms with E-state index in [1.165, 1.54) is 22.4 Å². The number of nitrogens with zero attached hydrogens (tertiary/aromatic N) is 6. The summed E-state index contributed by atoms with van der Waals surface area (Å²) >= 11 is 0. The molecule has 0 amide bonds. The lowest BCUT2D eigenvalue weighted by Gasteiger charge is -2.08. The summed E-state index contributed by atoms with van der Waals surface area (Å²) in [6.45, 7) is 29.4. The van der Waals surface area contributed by atoms with E-state index in [9.17, 15) is 0 Å². The van der Waals surface area contributed by atoms with Gasteiger partial charge in [-0.1, -0.05) is 67.5 Å². The average molecular weight is 571 g/mol. The fourth-order valence-electron chi connectivity index (χ4n) is 4.32. The highest BCUT2D eigenvalue weighted by molar-refractivity contribution is 5.24. The Balaban J connectivity index is 0.000000280. The second-order valence-electron chi connectivity index (χ2n) is 12.0. The minimum atomic E-state index is 0.475. The van der Waals surface area contributed by atoms with Crippen LogP contribution in [0.5, 0.6) is 0 Å². The molecule has 0 aliphatic rings. The fourth-order valence-corrected chi connectivity index (χ4v) is 4.32. The molecule has 4 aromatic rings. The molecule has 0 saturated carbocycles. The molecule has 0 bridgehead atoms. The molecule has 0 atom stereocenters. The first-order chi connectivity index (χ1) is 19.6. The van der Waals surface area contributed by atoms with E-state index in [1.807, 2.05) is 53.1 Å². The number of aromatic nitrogens is 6. The van der Waals surface area contributed by atoms with Gasteiger partial charge in [0.2, 0.25) is 0 Å². The van der Waals surface area contributed by atoms with Crippen LogP contribution in [0.1, 0.15) is 136 Å². The van der Waals surface area contributed by atoms with Gasteiger partial charge in [0, 0.05) is 35.7 Å². The van der Waals surface area contributed by atoms with Gasteiger partial charge in [-0.25, -0.2) is 0 Å². The Morgan fingerprint density at radius 1 is 0.476 bits per heavy atom. The maximum absolute atomic E-state index is 4.39. The van der Waals surface area contributed by atoms with Gasteiger partial charge in [0.15, 0.2) is 0 Å². The Hall–Kier alpha value is -3.54. The summed E-state index contributed by atoms with van der Waals surface area (Å²) in [6, 6.07) is 10.4. The molecule has 0 aliphatic heterocycles. The molecule has 42 heavy (non-hydrogen) atoms. The van der Waals surface area contributed by atoms with Crippen molar-refractivity contribution in [2.75, 3.05) is 0 Å². The first-order valence-corrected chi connectivity index (χ1v) is 15.1. The third-order valence-electron chi connectivity index (χ3n) is 6.71. The number of aryl methyl sites for hydroxylation is 6. The van der Waals surface area contributed by atoms with E-state index < -0.39 is 0 Å². The summed E-state index contributed by atoms with van der Waals surface area (Å²) in [4.78, 5) is 17.2. The molecule has 6 nitrogen and oxygen atoms in total. The molecule has 6 heteroatoms. The zero-order chi connectivity index (χ0) is 32.0. The zero-order valence-corrected chi connectivity index (χ0v) is 28.6. The van der Waals surface area contributed by atoms with Crippen LogP contribution in [-0.4, -0.2) is 30.1 Å². The van der Waals surface area contributed by atoms with Crippen LogP contribution in [-0.2, 0) is 0 Å². The summed E-state index contributed by atoms with van der Waals surface area (Å²) in [6.07, 6.45) is 5.50. The Morgan fingerprint density at radius 3 is 1.48 bits per heavy atom. The van der Waals surface area contributed by atoms with Gasteiger partial charge in [0.25, 0.3) is 0 Å². The molecule has 4 aromatic heterocycles. The molecular weight excluding hydrogens is 516 g/mol. The number of rotatable bonds is 4. The second kappa shape index (κ2) is 18.1. The summed E-state index contributed by atoms with van der Waals surface area (Å²) in [5.41, 5.74) is 11.5. The number of hydrogen-bond donors (Lipinski definition) is 0. The first-order valence-electron chi connectivity index (χ1n) is 15.1. The molecule has 0 radical (unpaired) electrons. The van der Waals surface area contributed by atoms with Crippen LogP contribution in [0.4, 0.5) is 0 Å². The molecule has 0 saturated heterocycles. The predicted octanol–water partition coefficient (Wildman–Crippen LogP) is 9.46. The van der Waals surface area contributed by atoms with E-state index in [0.717, 1.165) is 34.2 Å². The van der Waals surface area contributed by atoms with Crippen LogP contribution in [0.15, 0.2) is 48.9 Å². The van der Waals surface area contributed by atoms with E-state index in [4.69, 9.17) is 0 Å². The lowest BCUT2D eigenvalue weighted by molar-refractivity contribution is 0.789. The molecule has 4 heterocycles. The van der Waals surface area contributed by atoms with Gasteiger partial charge in [-0.05, 0) is 100 Å². The molecule has 0 aliphatic carbocycles. The fraction of sp³-hybridized carbons (Fsp3) is 0.500. The molecular formula is C36H54N6. The van der Waals surface area contributed by atoms with Crippen molar-refractivity contribution in [3.05, 3.63) is 105 Å². The third kappa shape index (κ3) is 13.0. The standard InChI is InChI=1S/C10H15N.C9H14N2.C9H13N.C8H12N2/c1-7(2)10-6-5-8(3)11-9(10)4;1-6(2)9-8(4)11-7(3)5-10-9;1-7(2)9-5-4-8(3)10-6-9;1-6(2)8-4-5-9-10-7(8)3/h5-7H,1-4H3;5-6H,1-4H3;4-7H,1-3H3;4-6H,1-3H3. The summed E-state index contributed by atoms with van der Waals surface area (Å²) in [5, 5.41) is 7.73. The molecule has 0 fully saturated rings. The van der Waals surface area contributed by atoms with Crippen molar-refractivity contribution in [3.63, 3.8) is 0 Å². The predicted molar refractivity (Wildman–Crippen MR) is 177 cm³/mol. The second-order valence-corrected chi connectivity index (χ2v) is 12.0. The van der Waals surface area contributed by atoms with Crippen LogP contribution < -0.4 is 0 Å². The third-order valence-corrected chi connectivity index (χ3v) is 6.71. The smallest absolute Gasteiger partial charge is 0.0641 e. The summed E-state index contributed by atoms with van der Waals surface area (Å²) < 4.78 is 0. The quantitative estimate of drug-likeness (QED) is 0.243. The van der Waals surface area contributed by atoms with Crippen molar-refractivity contribution in [2.24, 2.45) is 0 Å². The zero-order valence-electron chi connectivity index (χ0n) is 28.6. The highest BCUT2D eigenvalue weighted by Gasteiger charge is 2.05. The Bertz CT molecular complexity index is 1290. The topological polar surface area (TPSA) is 77.3 Å². The van der Waals surface area contributed by atoms with Crippen molar-refractivity contribution in [1.29, 1.82) is 0 Å². The highest BCUT2D eigenvalue weighted by Crippen LogP contribution is 2.17. The first kappa shape index (κ1) is 36.5. The highest BCUT2D eigenvalue weighted by atomic mass is 15.1. The van der Waals surface area contributed by atoms with Gasteiger partial charge in [-0.3, -0.25) is 19.9 Å². The van der Waals surface area contributed by atoms with Crippen molar-refractivity contribution in [1.82, 2.24) is 30.1 Å². The van der Waals surface area contributed by atoms with E-state index in [-0.39, 0.29) is 0 Å². The average Bonchev–Trinajstić information content (AvgIpc) is 2.89. The number of hydrogen-bond acceptors (Lipinski definition) is 6.